The van der Waals surface area contributed by atoms with Crippen molar-refractivity contribution in [3.05, 3.63) is 18.2 Å². The molecule has 0 aliphatic carbocycles. The van der Waals surface area contributed by atoms with Crippen LogP contribution in [0.15, 0.2) is 12.4 Å². The zero-order valence-corrected chi connectivity index (χ0v) is 11.6. The lowest BCUT2D eigenvalue weighted by atomic mass is 10.2. The maximum atomic E-state index is 9.85. The van der Waals surface area contributed by atoms with Crippen molar-refractivity contribution in [1.82, 2.24) is 19.4 Å². The number of aryl methyl sites for hydroxylation is 1. The second-order valence-corrected chi connectivity index (χ2v) is 5.36. The van der Waals surface area contributed by atoms with Gasteiger partial charge in [-0.2, -0.15) is 0 Å². The predicted molar refractivity (Wildman–Crippen MR) is 71.3 cm³/mol. The Morgan fingerprint density at radius 1 is 1.50 bits per heavy atom. The first kappa shape index (κ1) is 13.5. The van der Waals surface area contributed by atoms with Crippen molar-refractivity contribution in [2.45, 2.75) is 38.6 Å². The number of β-amino-alcohol motifs (C(OH)–C–C–N with tert-alkyl or cyclic N) is 1. The highest BCUT2D eigenvalue weighted by Crippen LogP contribution is 2.20. The number of aliphatic hydroxyl groups is 1. The van der Waals surface area contributed by atoms with Gasteiger partial charge in [0.15, 0.2) is 0 Å². The minimum absolute atomic E-state index is 0.194. The average Bonchev–Trinajstić information content (AvgIpc) is 2.86. The summed E-state index contributed by atoms with van der Waals surface area (Å²) < 4.78 is 2.16. The van der Waals surface area contributed by atoms with Gasteiger partial charge in [-0.15, -0.1) is 0 Å². The van der Waals surface area contributed by atoms with Gasteiger partial charge in [0.05, 0.1) is 12.6 Å². The molecule has 2 rings (SSSR count). The number of aromatic nitrogens is 2. The summed E-state index contributed by atoms with van der Waals surface area (Å²) in [5.74, 6) is 1.09. The SMILES string of the molecule is CCn1ccnc1CN1CC(O)CC1CN(C)C. The topological polar surface area (TPSA) is 44.5 Å². The van der Waals surface area contributed by atoms with E-state index in [0.29, 0.717) is 6.04 Å². The van der Waals surface area contributed by atoms with Crippen LogP contribution >= 0.6 is 0 Å². The summed E-state index contributed by atoms with van der Waals surface area (Å²) in [7, 11) is 4.16. The first-order valence-corrected chi connectivity index (χ1v) is 6.67. The molecule has 0 aromatic carbocycles. The molecule has 1 aliphatic heterocycles. The van der Waals surface area contributed by atoms with Gasteiger partial charge in [-0.3, -0.25) is 4.90 Å². The molecule has 2 atom stereocenters. The summed E-state index contributed by atoms with van der Waals surface area (Å²) in [4.78, 5) is 8.94. The number of nitrogens with zero attached hydrogens (tertiary/aromatic N) is 4. The highest BCUT2D eigenvalue weighted by atomic mass is 16.3. The molecule has 5 nitrogen and oxygen atoms in total. The molecule has 1 aromatic rings. The van der Waals surface area contributed by atoms with E-state index in [4.69, 9.17) is 0 Å². The van der Waals surface area contributed by atoms with E-state index in [9.17, 15) is 5.11 Å². The van der Waals surface area contributed by atoms with Gasteiger partial charge in [-0.1, -0.05) is 0 Å². The average molecular weight is 252 g/mol. The van der Waals surface area contributed by atoms with Crippen molar-refractivity contribution < 1.29 is 5.11 Å². The van der Waals surface area contributed by atoms with Crippen LogP contribution in [0.2, 0.25) is 0 Å². The molecule has 2 unspecified atom stereocenters. The number of imidazole rings is 1. The van der Waals surface area contributed by atoms with E-state index < -0.39 is 0 Å². The van der Waals surface area contributed by atoms with Crippen molar-refractivity contribution >= 4 is 0 Å². The highest BCUT2D eigenvalue weighted by molar-refractivity contribution is 4.96. The molecular formula is C13H24N4O. The first-order valence-electron chi connectivity index (χ1n) is 6.67. The Bertz CT molecular complexity index is 377. The molecule has 0 spiro atoms. The second-order valence-electron chi connectivity index (χ2n) is 5.36. The number of rotatable bonds is 5. The summed E-state index contributed by atoms with van der Waals surface area (Å²) in [6, 6.07) is 0.428. The lowest BCUT2D eigenvalue weighted by molar-refractivity contribution is 0.166. The molecule has 1 aliphatic rings. The molecule has 0 bridgehead atoms. The van der Waals surface area contributed by atoms with Crippen LogP contribution in [0.3, 0.4) is 0 Å². The van der Waals surface area contributed by atoms with Crippen molar-refractivity contribution in [2.75, 3.05) is 27.2 Å². The lowest BCUT2D eigenvalue weighted by Gasteiger charge is -2.26. The molecule has 1 N–H and O–H groups in total. The second kappa shape index (κ2) is 5.82. The van der Waals surface area contributed by atoms with Crippen molar-refractivity contribution in [3.63, 3.8) is 0 Å². The number of likely N-dealkylation sites (N-methyl/N-ethyl adjacent to an activating group) is 1. The normalized spacial score (nSPS) is 25.2. The largest absolute Gasteiger partial charge is 0.392 e. The van der Waals surface area contributed by atoms with Crippen molar-refractivity contribution in [1.29, 1.82) is 0 Å². The highest BCUT2D eigenvalue weighted by Gasteiger charge is 2.31. The standard InChI is InChI=1S/C13H24N4O/c1-4-16-6-5-14-13(16)10-17-9-12(18)7-11(17)8-15(2)3/h5-6,11-12,18H,4,7-10H2,1-3H3. The number of hydrogen-bond donors (Lipinski definition) is 1. The van der Waals surface area contributed by atoms with E-state index >= 15 is 0 Å². The summed E-state index contributed by atoms with van der Waals surface area (Å²) in [5, 5.41) is 9.85. The Labute approximate surface area is 109 Å². The fourth-order valence-electron chi connectivity index (χ4n) is 2.72. The molecule has 102 valence electrons. The summed E-state index contributed by atoms with van der Waals surface area (Å²) in [5.41, 5.74) is 0. The van der Waals surface area contributed by atoms with Crippen LogP contribution in [0.5, 0.6) is 0 Å². The molecule has 1 fully saturated rings. The molecule has 0 saturated carbocycles. The van der Waals surface area contributed by atoms with Gasteiger partial charge in [-0.05, 0) is 27.4 Å². The van der Waals surface area contributed by atoms with Gasteiger partial charge in [0.25, 0.3) is 0 Å². The molecular weight excluding hydrogens is 228 g/mol. The van der Waals surface area contributed by atoms with Crippen LogP contribution in [0.4, 0.5) is 0 Å². The van der Waals surface area contributed by atoms with Crippen LogP contribution in [0, 0.1) is 0 Å². The van der Waals surface area contributed by atoms with Gasteiger partial charge in [0, 0.05) is 38.1 Å². The van der Waals surface area contributed by atoms with Gasteiger partial charge in [0.2, 0.25) is 0 Å². The van der Waals surface area contributed by atoms with Crippen molar-refractivity contribution in [2.24, 2.45) is 0 Å². The Hall–Kier alpha value is -0.910. The fourth-order valence-corrected chi connectivity index (χ4v) is 2.72. The van der Waals surface area contributed by atoms with Crippen LogP contribution in [0.25, 0.3) is 0 Å². The monoisotopic (exact) mass is 252 g/mol. The third kappa shape index (κ3) is 3.10. The zero-order chi connectivity index (χ0) is 13.1. The van der Waals surface area contributed by atoms with E-state index in [1.165, 1.54) is 0 Å². The Morgan fingerprint density at radius 3 is 2.94 bits per heavy atom. The van der Waals surface area contributed by atoms with Gasteiger partial charge in [0.1, 0.15) is 5.82 Å². The van der Waals surface area contributed by atoms with Crippen molar-refractivity contribution in [3.8, 4) is 0 Å². The smallest absolute Gasteiger partial charge is 0.122 e. The van der Waals surface area contributed by atoms with E-state index in [0.717, 1.165) is 38.4 Å². The van der Waals surface area contributed by atoms with Crippen LogP contribution in [-0.4, -0.2) is 63.8 Å². The molecule has 2 heterocycles. The fraction of sp³-hybridized carbons (Fsp3) is 0.769. The van der Waals surface area contributed by atoms with Crippen LogP contribution < -0.4 is 0 Å². The van der Waals surface area contributed by atoms with E-state index in [1.807, 2.05) is 12.4 Å². The summed E-state index contributed by atoms with van der Waals surface area (Å²) >= 11 is 0. The minimum atomic E-state index is -0.194. The predicted octanol–water partition coefficient (Wildman–Crippen LogP) is 0.400. The number of hydrogen-bond acceptors (Lipinski definition) is 4. The third-order valence-electron chi connectivity index (χ3n) is 3.57. The van der Waals surface area contributed by atoms with E-state index in [2.05, 4.69) is 40.4 Å². The number of likely N-dealkylation sites (tertiary alicyclic amines) is 1. The Balaban J connectivity index is 2.02. The van der Waals surface area contributed by atoms with Gasteiger partial charge < -0.3 is 14.6 Å². The third-order valence-corrected chi connectivity index (χ3v) is 3.57. The molecule has 1 aromatic heterocycles. The van der Waals surface area contributed by atoms with E-state index in [-0.39, 0.29) is 6.10 Å². The molecule has 5 heteroatoms. The maximum absolute atomic E-state index is 9.85. The summed E-state index contributed by atoms with van der Waals surface area (Å²) in [6.07, 6.45) is 4.54. The quantitative estimate of drug-likeness (QED) is 0.824. The first-order chi connectivity index (χ1) is 8.60. The molecule has 0 radical (unpaired) electrons. The number of aliphatic hydroxyl groups excluding tert-OH is 1. The maximum Gasteiger partial charge on any atom is 0.122 e. The van der Waals surface area contributed by atoms with Gasteiger partial charge >= 0.3 is 0 Å². The zero-order valence-electron chi connectivity index (χ0n) is 11.6. The molecule has 0 amide bonds. The van der Waals surface area contributed by atoms with Crippen LogP contribution in [-0.2, 0) is 13.1 Å². The van der Waals surface area contributed by atoms with E-state index in [1.54, 1.807) is 0 Å². The summed E-state index contributed by atoms with van der Waals surface area (Å²) in [6.45, 7) is 5.65. The minimum Gasteiger partial charge on any atom is -0.392 e. The Morgan fingerprint density at radius 2 is 2.28 bits per heavy atom. The Kier molecular flexibility index (Phi) is 4.37. The van der Waals surface area contributed by atoms with Crippen LogP contribution in [0.1, 0.15) is 19.2 Å². The molecule has 18 heavy (non-hydrogen) atoms. The van der Waals surface area contributed by atoms with Gasteiger partial charge in [-0.25, -0.2) is 4.98 Å². The lowest BCUT2D eigenvalue weighted by Crippen LogP contribution is -2.37. The molecule has 1 saturated heterocycles.